The van der Waals surface area contributed by atoms with Crippen molar-refractivity contribution < 1.29 is 27.8 Å². The highest BCUT2D eigenvalue weighted by Crippen LogP contribution is 2.35. The molecule has 1 aliphatic rings. The smallest absolute Gasteiger partial charge is 0.406 e. The fourth-order valence-electron chi connectivity index (χ4n) is 1.96. The van der Waals surface area contributed by atoms with Crippen LogP contribution >= 0.6 is 11.6 Å². The van der Waals surface area contributed by atoms with Crippen LogP contribution in [0.15, 0.2) is 18.2 Å². The molecule has 1 heterocycles. The largest absolute Gasteiger partial charge is 0.573 e. The van der Waals surface area contributed by atoms with Gasteiger partial charge in [-0.25, -0.2) is 0 Å². The van der Waals surface area contributed by atoms with Crippen molar-refractivity contribution >= 4 is 11.6 Å². The summed E-state index contributed by atoms with van der Waals surface area (Å²) in [4.78, 5) is 0. The summed E-state index contributed by atoms with van der Waals surface area (Å²) in [5.74, 6) is -0.377. The van der Waals surface area contributed by atoms with Crippen molar-refractivity contribution in [2.24, 2.45) is 0 Å². The monoisotopic (exact) mass is 296 g/mol. The number of hydrogen-bond acceptors (Lipinski definition) is 3. The molecule has 1 N–H and O–H groups in total. The molecule has 1 saturated heterocycles. The van der Waals surface area contributed by atoms with E-state index in [1.165, 1.54) is 12.1 Å². The van der Waals surface area contributed by atoms with Gasteiger partial charge in [-0.05, 0) is 24.1 Å². The van der Waals surface area contributed by atoms with Gasteiger partial charge in [0.05, 0.1) is 17.2 Å². The minimum Gasteiger partial charge on any atom is -0.406 e. The van der Waals surface area contributed by atoms with E-state index in [1.807, 2.05) is 0 Å². The second kappa shape index (κ2) is 5.56. The number of aliphatic hydroxyl groups is 1. The third kappa shape index (κ3) is 3.99. The molecule has 19 heavy (non-hydrogen) atoms. The lowest BCUT2D eigenvalue weighted by molar-refractivity contribution is -0.274. The van der Waals surface area contributed by atoms with Gasteiger partial charge >= 0.3 is 6.36 Å². The highest BCUT2D eigenvalue weighted by Gasteiger charge is 2.31. The number of ether oxygens (including phenoxy) is 2. The van der Waals surface area contributed by atoms with E-state index in [1.54, 1.807) is 0 Å². The van der Waals surface area contributed by atoms with Crippen molar-refractivity contribution in [2.45, 2.75) is 31.4 Å². The number of benzene rings is 1. The van der Waals surface area contributed by atoms with Crippen molar-refractivity contribution in [3.05, 3.63) is 28.8 Å². The fourth-order valence-corrected chi connectivity index (χ4v) is 2.25. The molecule has 1 aromatic rings. The predicted octanol–water partition coefficient (Wildman–Crippen LogP) is 3.45. The minimum atomic E-state index is -4.75. The lowest BCUT2D eigenvalue weighted by Crippen LogP contribution is -2.23. The van der Waals surface area contributed by atoms with Crippen molar-refractivity contribution in [3.8, 4) is 5.75 Å². The molecule has 2 atom stereocenters. The first-order valence-electron chi connectivity index (χ1n) is 5.70. The van der Waals surface area contributed by atoms with Gasteiger partial charge in [0.2, 0.25) is 0 Å². The van der Waals surface area contributed by atoms with Crippen LogP contribution in [0.25, 0.3) is 0 Å². The lowest BCUT2D eigenvalue weighted by atomic mass is 9.99. The number of alkyl halides is 3. The third-order valence-corrected chi connectivity index (χ3v) is 3.14. The Balaban J connectivity index is 2.15. The highest BCUT2D eigenvalue weighted by molar-refractivity contribution is 6.31. The maximum absolute atomic E-state index is 12.1. The van der Waals surface area contributed by atoms with Crippen molar-refractivity contribution in [1.82, 2.24) is 0 Å². The normalized spacial score (nSPS) is 24.3. The van der Waals surface area contributed by atoms with Crippen LogP contribution in [0.3, 0.4) is 0 Å². The molecule has 0 aliphatic carbocycles. The molecule has 1 aromatic carbocycles. The van der Waals surface area contributed by atoms with E-state index < -0.39 is 18.6 Å². The zero-order valence-corrected chi connectivity index (χ0v) is 10.5. The van der Waals surface area contributed by atoms with Gasteiger partial charge < -0.3 is 14.6 Å². The molecule has 2 rings (SSSR count). The molecule has 0 saturated carbocycles. The number of rotatable bonds is 2. The Hall–Kier alpha value is -0.980. The summed E-state index contributed by atoms with van der Waals surface area (Å²) in [6.07, 6.45) is -4.72. The summed E-state index contributed by atoms with van der Waals surface area (Å²) in [6, 6.07) is 3.69. The Kier molecular flexibility index (Phi) is 4.23. The van der Waals surface area contributed by atoms with Crippen LogP contribution in [0, 0.1) is 0 Å². The Labute approximate surface area is 112 Å². The van der Waals surface area contributed by atoms with Gasteiger partial charge in [-0.15, -0.1) is 13.2 Å². The van der Waals surface area contributed by atoms with Crippen LogP contribution in [-0.4, -0.2) is 24.2 Å². The molecule has 0 radical (unpaired) electrons. The zero-order valence-electron chi connectivity index (χ0n) is 9.78. The van der Waals surface area contributed by atoms with Crippen molar-refractivity contribution in [3.63, 3.8) is 0 Å². The highest BCUT2D eigenvalue weighted by atomic mass is 35.5. The Morgan fingerprint density at radius 1 is 1.37 bits per heavy atom. The number of hydrogen-bond donors (Lipinski definition) is 1. The minimum absolute atomic E-state index is 0.126. The van der Waals surface area contributed by atoms with Crippen LogP contribution in [0.5, 0.6) is 5.75 Å². The number of aliphatic hydroxyl groups excluding tert-OH is 1. The van der Waals surface area contributed by atoms with E-state index in [0.29, 0.717) is 25.0 Å². The molecule has 1 aliphatic heterocycles. The Bertz CT molecular complexity index is 450. The maximum atomic E-state index is 12.1. The van der Waals surface area contributed by atoms with Crippen LogP contribution in [0.1, 0.15) is 24.5 Å². The summed E-state index contributed by atoms with van der Waals surface area (Å²) in [7, 11) is 0. The first-order chi connectivity index (χ1) is 8.85. The SMILES string of the molecule is OC1CCOC(c2ccc(OC(F)(F)F)cc2Cl)C1. The van der Waals surface area contributed by atoms with Gasteiger partial charge in [-0.3, -0.25) is 0 Å². The zero-order chi connectivity index (χ0) is 14.0. The molecule has 0 aromatic heterocycles. The molecule has 7 heteroatoms. The van der Waals surface area contributed by atoms with Crippen LogP contribution < -0.4 is 4.74 Å². The average molecular weight is 297 g/mol. The molecular formula is C12H12ClF3O3. The Morgan fingerprint density at radius 3 is 2.68 bits per heavy atom. The predicted molar refractivity (Wildman–Crippen MR) is 62.1 cm³/mol. The average Bonchev–Trinajstić information content (AvgIpc) is 2.26. The summed E-state index contributed by atoms with van der Waals surface area (Å²) in [5, 5.41) is 9.67. The van der Waals surface area contributed by atoms with Crippen molar-refractivity contribution in [1.29, 1.82) is 0 Å². The van der Waals surface area contributed by atoms with E-state index in [4.69, 9.17) is 16.3 Å². The fraction of sp³-hybridized carbons (Fsp3) is 0.500. The summed E-state index contributed by atoms with van der Waals surface area (Å²) in [6.45, 7) is 0.392. The van der Waals surface area contributed by atoms with E-state index in [9.17, 15) is 18.3 Å². The molecule has 0 amide bonds. The number of halogens is 4. The molecular weight excluding hydrogens is 285 g/mol. The van der Waals surface area contributed by atoms with Gasteiger partial charge in [0.1, 0.15) is 5.75 Å². The van der Waals surface area contributed by atoms with E-state index in [2.05, 4.69) is 4.74 Å². The van der Waals surface area contributed by atoms with Gasteiger partial charge in [0.25, 0.3) is 0 Å². The molecule has 1 fully saturated rings. The molecule has 106 valence electrons. The van der Waals surface area contributed by atoms with E-state index in [-0.39, 0.29) is 10.8 Å². The van der Waals surface area contributed by atoms with Crippen LogP contribution in [0.2, 0.25) is 5.02 Å². The lowest BCUT2D eigenvalue weighted by Gasteiger charge is -2.27. The van der Waals surface area contributed by atoms with E-state index >= 15 is 0 Å². The second-order valence-corrected chi connectivity index (χ2v) is 4.68. The summed E-state index contributed by atoms with van der Waals surface area (Å²) in [5.41, 5.74) is 0.551. The molecule has 3 nitrogen and oxygen atoms in total. The maximum Gasteiger partial charge on any atom is 0.573 e. The van der Waals surface area contributed by atoms with E-state index in [0.717, 1.165) is 6.07 Å². The van der Waals surface area contributed by atoms with Gasteiger partial charge in [0, 0.05) is 13.0 Å². The first kappa shape index (κ1) is 14.4. The van der Waals surface area contributed by atoms with Gasteiger partial charge in [-0.1, -0.05) is 17.7 Å². The van der Waals surface area contributed by atoms with Crippen LogP contribution in [-0.2, 0) is 4.74 Å². The van der Waals surface area contributed by atoms with Gasteiger partial charge in [0.15, 0.2) is 0 Å². The first-order valence-corrected chi connectivity index (χ1v) is 6.08. The third-order valence-electron chi connectivity index (χ3n) is 2.81. The second-order valence-electron chi connectivity index (χ2n) is 4.27. The quantitative estimate of drug-likeness (QED) is 0.908. The topological polar surface area (TPSA) is 38.7 Å². The van der Waals surface area contributed by atoms with Crippen molar-refractivity contribution in [2.75, 3.05) is 6.61 Å². The summed E-state index contributed by atoms with van der Waals surface area (Å²) >= 11 is 5.93. The molecule has 0 spiro atoms. The summed E-state index contributed by atoms with van der Waals surface area (Å²) < 4.78 is 45.4. The molecule has 0 bridgehead atoms. The standard InChI is InChI=1S/C12H12ClF3O3/c13-10-6-8(19-12(14,15)16)1-2-9(10)11-5-7(17)3-4-18-11/h1-2,6-7,11,17H,3-5H2. The van der Waals surface area contributed by atoms with Gasteiger partial charge in [-0.2, -0.15) is 0 Å². The Morgan fingerprint density at radius 2 is 2.11 bits per heavy atom. The van der Waals surface area contributed by atoms with Crippen LogP contribution in [0.4, 0.5) is 13.2 Å². The molecule has 2 unspecified atom stereocenters.